The van der Waals surface area contributed by atoms with Crippen LogP contribution in [0.25, 0.3) is 22.2 Å². The molecule has 96 valence electrons. The Balaban J connectivity index is 2.17. The molecule has 1 aromatic carbocycles. The lowest BCUT2D eigenvalue weighted by Gasteiger charge is -2.00. The zero-order valence-electron chi connectivity index (χ0n) is 10.1. The molecular weight excluding hydrogens is 246 g/mol. The molecule has 0 saturated heterocycles. The van der Waals surface area contributed by atoms with Crippen molar-refractivity contribution in [3.05, 3.63) is 36.2 Å². The van der Waals surface area contributed by atoms with Crippen LogP contribution in [-0.2, 0) is 0 Å². The number of para-hydroxylation sites is 1. The van der Waals surface area contributed by atoms with Crippen molar-refractivity contribution in [3.63, 3.8) is 0 Å². The van der Waals surface area contributed by atoms with E-state index in [0.717, 1.165) is 22.2 Å². The molecule has 2 aromatic heterocycles. The molecule has 6 nitrogen and oxygen atoms in total. The summed E-state index contributed by atoms with van der Waals surface area (Å²) in [7, 11) is 1.60. The van der Waals surface area contributed by atoms with Crippen molar-refractivity contribution in [3.8, 4) is 17.0 Å². The largest absolute Gasteiger partial charge is 0.495 e. The molecule has 3 N–H and O–H groups in total. The highest BCUT2D eigenvalue weighted by molar-refractivity contribution is 5.98. The van der Waals surface area contributed by atoms with E-state index in [0.29, 0.717) is 5.69 Å². The summed E-state index contributed by atoms with van der Waals surface area (Å²) in [4.78, 5) is 14.0. The van der Waals surface area contributed by atoms with Crippen LogP contribution in [0.1, 0.15) is 10.5 Å². The first-order chi connectivity index (χ1) is 9.20. The number of nitrogens with zero attached hydrogens (tertiary/aromatic N) is 1. The molecule has 0 fully saturated rings. The second-order valence-corrected chi connectivity index (χ2v) is 4.06. The first kappa shape index (κ1) is 11.3. The number of rotatable bonds is 3. The second-order valence-electron chi connectivity index (χ2n) is 4.06. The number of fused-ring (bicyclic) bond motifs is 1. The van der Waals surface area contributed by atoms with Gasteiger partial charge >= 0.3 is 5.97 Å². The molecule has 0 spiro atoms. The number of hydrogen-bond donors (Lipinski definition) is 3. The fourth-order valence-electron chi connectivity index (χ4n) is 2.08. The molecule has 0 aliphatic heterocycles. The van der Waals surface area contributed by atoms with Crippen LogP contribution in [0.3, 0.4) is 0 Å². The van der Waals surface area contributed by atoms with Crippen molar-refractivity contribution in [2.45, 2.75) is 0 Å². The Bertz CT molecular complexity index is 757. The van der Waals surface area contributed by atoms with Crippen LogP contribution in [0, 0.1) is 0 Å². The minimum Gasteiger partial charge on any atom is -0.495 e. The van der Waals surface area contributed by atoms with Crippen LogP contribution in [0.2, 0.25) is 0 Å². The fourth-order valence-corrected chi connectivity index (χ4v) is 2.08. The molecule has 0 bridgehead atoms. The van der Waals surface area contributed by atoms with Crippen molar-refractivity contribution in [2.24, 2.45) is 0 Å². The Labute approximate surface area is 108 Å². The first-order valence-corrected chi connectivity index (χ1v) is 5.64. The van der Waals surface area contributed by atoms with Gasteiger partial charge in [0, 0.05) is 17.1 Å². The molecule has 6 heteroatoms. The first-order valence-electron chi connectivity index (χ1n) is 5.64. The molecule has 3 aromatic rings. The van der Waals surface area contributed by atoms with Crippen LogP contribution >= 0.6 is 0 Å². The van der Waals surface area contributed by atoms with Gasteiger partial charge in [0.1, 0.15) is 11.4 Å². The van der Waals surface area contributed by atoms with E-state index in [1.165, 1.54) is 6.07 Å². The molecule has 19 heavy (non-hydrogen) atoms. The molecule has 2 heterocycles. The number of aromatic amines is 2. The van der Waals surface area contributed by atoms with Crippen molar-refractivity contribution in [1.29, 1.82) is 0 Å². The van der Waals surface area contributed by atoms with Gasteiger partial charge in [-0.15, -0.1) is 0 Å². The third kappa shape index (κ3) is 1.74. The quantitative estimate of drug-likeness (QED) is 0.671. The number of carbonyl (C=O) groups is 1. The Hall–Kier alpha value is -2.76. The van der Waals surface area contributed by atoms with Crippen LogP contribution in [0.5, 0.6) is 5.75 Å². The van der Waals surface area contributed by atoms with Gasteiger partial charge < -0.3 is 14.8 Å². The Morgan fingerprint density at radius 3 is 2.95 bits per heavy atom. The van der Waals surface area contributed by atoms with Gasteiger partial charge in [-0.25, -0.2) is 4.79 Å². The van der Waals surface area contributed by atoms with Crippen LogP contribution in [-0.4, -0.2) is 33.4 Å². The topological polar surface area (TPSA) is 91.0 Å². The summed E-state index contributed by atoms with van der Waals surface area (Å²) in [5.74, 6) is -0.297. The standard InChI is InChI=1S/C13H11N3O3/c1-19-11-4-2-3-7-8(6-14-12(7)11)9-5-10(13(17)18)16-15-9/h2-6,14H,1H3,(H,15,16)(H,17,18). The van der Waals surface area contributed by atoms with E-state index < -0.39 is 5.97 Å². The van der Waals surface area contributed by atoms with Gasteiger partial charge in [-0.3, -0.25) is 5.10 Å². The van der Waals surface area contributed by atoms with Gasteiger partial charge in [0.25, 0.3) is 0 Å². The maximum Gasteiger partial charge on any atom is 0.353 e. The number of aromatic carboxylic acids is 1. The van der Waals surface area contributed by atoms with Gasteiger partial charge in [0.05, 0.1) is 18.3 Å². The van der Waals surface area contributed by atoms with Crippen LogP contribution in [0.15, 0.2) is 30.5 Å². The SMILES string of the molecule is COc1cccc2c(-c3cc(C(=O)O)[nH]n3)c[nH]c12. The average molecular weight is 257 g/mol. The molecule has 0 amide bonds. The van der Waals surface area contributed by atoms with Gasteiger partial charge in [-0.2, -0.15) is 5.10 Å². The number of carboxylic acids is 1. The highest BCUT2D eigenvalue weighted by Crippen LogP contribution is 2.32. The van der Waals surface area contributed by atoms with Crippen LogP contribution in [0.4, 0.5) is 0 Å². The van der Waals surface area contributed by atoms with E-state index in [9.17, 15) is 4.79 Å². The molecule has 0 radical (unpaired) electrons. The Morgan fingerprint density at radius 1 is 1.42 bits per heavy atom. The summed E-state index contributed by atoms with van der Waals surface area (Å²) in [5.41, 5.74) is 2.33. The summed E-state index contributed by atoms with van der Waals surface area (Å²) in [6, 6.07) is 7.17. The second kappa shape index (κ2) is 4.16. The van der Waals surface area contributed by atoms with Crippen LogP contribution < -0.4 is 4.74 Å². The smallest absolute Gasteiger partial charge is 0.353 e. The molecule has 0 saturated carbocycles. The third-order valence-corrected chi connectivity index (χ3v) is 2.98. The predicted molar refractivity (Wildman–Crippen MR) is 69.4 cm³/mol. The minimum absolute atomic E-state index is 0.0623. The van der Waals surface area contributed by atoms with Crippen molar-refractivity contribution >= 4 is 16.9 Å². The highest BCUT2D eigenvalue weighted by Gasteiger charge is 2.14. The number of carboxylic acid groups (broad SMARTS) is 1. The predicted octanol–water partition coefficient (Wildman–Crippen LogP) is 2.26. The average Bonchev–Trinajstić information content (AvgIpc) is 3.04. The summed E-state index contributed by atoms with van der Waals surface area (Å²) < 4.78 is 5.27. The Morgan fingerprint density at radius 2 is 2.26 bits per heavy atom. The fraction of sp³-hybridized carbons (Fsp3) is 0.0769. The zero-order valence-corrected chi connectivity index (χ0v) is 10.1. The molecule has 3 rings (SSSR count). The lowest BCUT2D eigenvalue weighted by atomic mass is 10.1. The lowest BCUT2D eigenvalue weighted by Crippen LogP contribution is -1.95. The van der Waals surface area contributed by atoms with E-state index >= 15 is 0 Å². The summed E-state index contributed by atoms with van der Waals surface area (Å²) >= 11 is 0. The number of hydrogen-bond acceptors (Lipinski definition) is 3. The number of nitrogens with one attached hydrogen (secondary N) is 2. The maximum absolute atomic E-state index is 10.8. The van der Waals surface area contributed by atoms with Crippen molar-refractivity contribution < 1.29 is 14.6 Å². The van der Waals surface area contributed by atoms with E-state index in [1.807, 2.05) is 18.2 Å². The molecule has 0 aliphatic carbocycles. The van der Waals surface area contributed by atoms with Gasteiger partial charge in [-0.05, 0) is 12.1 Å². The molecule has 0 atom stereocenters. The van der Waals surface area contributed by atoms with Crippen molar-refractivity contribution in [2.75, 3.05) is 7.11 Å². The van der Waals surface area contributed by atoms with E-state index in [2.05, 4.69) is 15.2 Å². The number of H-pyrrole nitrogens is 2. The van der Waals surface area contributed by atoms with Gasteiger partial charge in [-0.1, -0.05) is 12.1 Å². The van der Waals surface area contributed by atoms with Gasteiger partial charge in [0.2, 0.25) is 0 Å². The minimum atomic E-state index is -1.03. The Kier molecular flexibility index (Phi) is 2.49. The van der Waals surface area contributed by atoms with E-state index in [1.54, 1.807) is 13.3 Å². The van der Waals surface area contributed by atoms with Gasteiger partial charge in [0.15, 0.2) is 0 Å². The number of benzene rings is 1. The summed E-state index contributed by atoms with van der Waals surface area (Å²) in [5, 5.41) is 16.3. The number of methoxy groups -OCH3 is 1. The summed E-state index contributed by atoms with van der Waals surface area (Å²) in [6.45, 7) is 0. The monoisotopic (exact) mass is 257 g/mol. The highest BCUT2D eigenvalue weighted by atomic mass is 16.5. The van der Waals surface area contributed by atoms with Crippen molar-refractivity contribution in [1.82, 2.24) is 15.2 Å². The number of ether oxygens (including phenoxy) is 1. The summed E-state index contributed by atoms with van der Waals surface area (Å²) in [6.07, 6.45) is 1.79. The number of aromatic nitrogens is 3. The molecule has 0 aliphatic rings. The molecule has 0 unspecified atom stereocenters. The maximum atomic E-state index is 10.8. The zero-order chi connectivity index (χ0) is 13.4. The lowest BCUT2D eigenvalue weighted by molar-refractivity contribution is 0.0690. The van der Waals surface area contributed by atoms with E-state index in [4.69, 9.17) is 9.84 Å². The van der Waals surface area contributed by atoms with E-state index in [-0.39, 0.29) is 5.69 Å². The third-order valence-electron chi connectivity index (χ3n) is 2.98. The molecular formula is C13H11N3O3. The normalized spacial score (nSPS) is 10.8.